The topological polar surface area (TPSA) is 64.7 Å². The van der Waals surface area contributed by atoms with Crippen molar-refractivity contribution in [2.75, 3.05) is 31.1 Å². The van der Waals surface area contributed by atoms with Crippen LogP contribution in [0.2, 0.25) is 0 Å². The van der Waals surface area contributed by atoms with E-state index >= 15 is 0 Å². The van der Waals surface area contributed by atoms with Crippen molar-refractivity contribution in [1.29, 1.82) is 0 Å². The predicted octanol–water partition coefficient (Wildman–Crippen LogP) is 3.57. The molecular weight excluding hydrogens is 451 g/mol. The van der Waals surface area contributed by atoms with Gasteiger partial charge in [-0.25, -0.2) is 4.39 Å². The molecule has 1 saturated heterocycles. The highest BCUT2D eigenvalue weighted by molar-refractivity contribution is 7.10. The van der Waals surface area contributed by atoms with Crippen LogP contribution in [-0.4, -0.2) is 48.9 Å². The standard InChI is InChI=1S/C26H29FN4O2S/c1-19(29-26(33)25(32)28-18-20-9-11-21(27)12-10-20)24(23-8-5-17-34-23)31-15-13-30(14-16-31)22-6-3-2-4-7-22/h2-12,17,19,24H,13-16,18H2,1H3,(H,28,32)(H,29,33)/t19-,24+/m0/s1. The molecule has 2 atom stereocenters. The Morgan fingerprint density at radius 1 is 0.941 bits per heavy atom. The van der Waals surface area contributed by atoms with Crippen molar-refractivity contribution in [3.05, 3.63) is 88.4 Å². The molecule has 0 unspecified atom stereocenters. The molecule has 1 aliphatic rings. The molecule has 2 aromatic carbocycles. The molecule has 2 heterocycles. The first kappa shape index (κ1) is 23.9. The minimum atomic E-state index is -0.699. The number of hydrogen-bond donors (Lipinski definition) is 2. The Kier molecular flexibility index (Phi) is 7.92. The lowest BCUT2D eigenvalue weighted by Crippen LogP contribution is -2.53. The highest BCUT2D eigenvalue weighted by Gasteiger charge is 2.31. The molecule has 1 aliphatic heterocycles. The molecule has 34 heavy (non-hydrogen) atoms. The molecule has 0 saturated carbocycles. The molecule has 178 valence electrons. The molecular formula is C26H29FN4O2S. The number of carbonyl (C=O) groups excluding carboxylic acids is 2. The lowest BCUT2D eigenvalue weighted by molar-refractivity contribution is -0.140. The summed E-state index contributed by atoms with van der Waals surface area (Å²) < 4.78 is 13.1. The zero-order valence-corrected chi connectivity index (χ0v) is 19.9. The van der Waals surface area contributed by atoms with Crippen LogP contribution in [0.5, 0.6) is 0 Å². The third-order valence-electron chi connectivity index (χ3n) is 6.07. The molecule has 1 fully saturated rings. The fourth-order valence-electron chi connectivity index (χ4n) is 4.32. The van der Waals surface area contributed by atoms with Gasteiger partial charge in [0.1, 0.15) is 5.82 Å². The van der Waals surface area contributed by atoms with Gasteiger partial charge in [-0.15, -0.1) is 11.3 Å². The van der Waals surface area contributed by atoms with Crippen molar-refractivity contribution >= 4 is 28.8 Å². The van der Waals surface area contributed by atoms with E-state index in [9.17, 15) is 14.0 Å². The summed E-state index contributed by atoms with van der Waals surface area (Å²) in [7, 11) is 0. The molecule has 3 aromatic rings. The van der Waals surface area contributed by atoms with E-state index in [-0.39, 0.29) is 24.4 Å². The smallest absolute Gasteiger partial charge is 0.309 e. The van der Waals surface area contributed by atoms with E-state index in [1.807, 2.05) is 24.4 Å². The van der Waals surface area contributed by atoms with Gasteiger partial charge in [0.2, 0.25) is 0 Å². The second kappa shape index (κ2) is 11.3. The van der Waals surface area contributed by atoms with E-state index in [1.165, 1.54) is 17.8 Å². The van der Waals surface area contributed by atoms with Gasteiger partial charge in [-0.1, -0.05) is 36.4 Å². The summed E-state index contributed by atoms with van der Waals surface area (Å²) in [6.07, 6.45) is 0. The molecule has 8 heteroatoms. The summed E-state index contributed by atoms with van der Waals surface area (Å²) in [5, 5.41) is 7.54. The fourth-order valence-corrected chi connectivity index (χ4v) is 5.28. The lowest BCUT2D eigenvalue weighted by atomic mass is 10.0. The molecule has 2 N–H and O–H groups in total. The van der Waals surface area contributed by atoms with Crippen LogP contribution in [0.1, 0.15) is 23.4 Å². The number of carbonyl (C=O) groups is 2. The van der Waals surface area contributed by atoms with Crippen LogP contribution >= 0.6 is 11.3 Å². The van der Waals surface area contributed by atoms with Crippen LogP contribution in [0.15, 0.2) is 72.1 Å². The van der Waals surface area contributed by atoms with E-state index in [4.69, 9.17) is 0 Å². The Balaban J connectivity index is 1.36. The molecule has 6 nitrogen and oxygen atoms in total. The Morgan fingerprint density at radius 3 is 2.29 bits per heavy atom. The predicted molar refractivity (Wildman–Crippen MR) is 133 cm³/mol. The van der Waals surface area contributed by atoms with E-state index in [0.717, 1.165) is 36.6 Å². The van der Waals surface area contributed by atoms with Gasteiger partial charge in [-0.05, 0) is 48.2 Å². The van der Waals surface area contributed by atoms with Gasteiger partial charge in [0.25, 0.3) is 0 Å². The number of rotatable bonds is 7. The average Bonchev–Trinajstić information content (AvgIpc) is 3.39. The summed E-state index contributed by atoms with van der Waals surface area (Å²) in [6.45, 7) is 5.61. The molecule has 0 radical (unpaired) electrons. The first-order valence-electron chi connectivity index (χ1n) is 11.4. The van der Waals surface area contributed by atoms with Gasteiger partial charge in [-0.3, -0.25) is 14.5 Å². The number of nitrogens with zero attached hydrogens (tertiary/aromatic N) is 2. The zero-order chi connectivity index (χ0) is 23.9. The van der Waals surface area contributed by atoms with Crippen LogP contribution < -0.4 is 15.5 Å². The maximum atomic E-state index is 13.1. The summed E-state index contributed by atoms with van der Waals surface area (Å²) in [5.74, 6) is -1.71. The molecule has 0 bridgehead atoms. The number of para-hydroxylation sites is 1. The first-order chi connectivity index (χ1) is 16.5. The van der Waals surface area contributed by atoms with Crippen molar-refractivity contribution in [3.63, 3.8) is 0 Å². The Labute approximate surface area is 203 Å². The third-order valence-corrected chi connectivity index (χ3v) is 7.01. The fraction of sp³-hybridized carbons (Fsp3) is 0.308. The van der Waals surface area contributed by atoms with Gasteiger partial charge in [0.05, 0.1) is 6.04 Å². The van der Waals surface area contributed by atoms with E-state index in [2.05, 4.69) is 50.8 Å². The summed E-state index contributed by atoms with van der Waals surface area (Å²) in [4.78, 5) is 30.9. The number of halogens is 1. The highest BCUT2D eigenvalue weighted by atomic mass is 32.1. The van der Waals surface area contributed by atoms with E-state index in [1.54, 1.807) is 23.5 Å². The van der Waals surface area contributed by atoms with E-state index in [0.29, 0.717) is 0 Å². The number of piperazine rings is 1. The van der Waals surface area contributed by atoms with Crippen molar-refractivity contribution in [1.82, 2.24) is 15.5 Å². The quantitative estimate of drug-likeness (QED) is 0.508. The van der Waals surface area contributed by atoms with Crippen molar-refractivity contribution in [3.8, 4) is 0 Å². The third kappa shape index (κ3) is 6.01. The van der Waals surface area contributed by atoms with Gasteiger partial charge in [-0.2, -0.15) is 0 Å². The summed E-state index contributed by atoms with van der Waals surface area (Å²) in [6, 6.07) is 20.0. The van der Waals surface area contributed by atoms with Crippen molar-refractivity contribution in [2.24, 2.45) is 0 Å². The van der Waals surface area contributed by atoms with Crippen molar-refractivity contribution < 1.29 is 14.0 Å². The summed E-state index contributed by atoms with van der Waals surface area (Å²) >= 11 is 1.66. The zero-order valence-electron chi connectivity index (χ0n) is 19.1. The second-order valence-electron chi connectivity index (χ2n) is 8.39. The minimum Gasteiger partial charge on any atom is -0.369 e. The van der Waals surface area contributed by atoms with Gasteiger partial charge in [0.15, 0.2) is 0 Å². The average molecular weight is 481 g/mol. The number of anilines is 1. The molecule has 2 amide bonds. The van der Waals surface area contributed by atoms with Crippen molar-refractivity contribution in [2.45, 2.75) is 25.6 Å². The minimum absolute atomic E-state index is 0.0215. The molecule has 0 spiro atoms. The van der Waals surface area contributed by atoms with E-state index < -0.39 is 11.8 Å². The SMILES string of the molecule is C[C@H](NC(=O)C(=O)NCc1ccc(F)cc1)[C@H](c1cccs1)N1CCN(c2ccccc2)CC1. The number of thiophene rings is 1. The monoisotopic (exact) mass is 480 g/mol. The second-order valence-corrected chi connectivity index (χ2v) is 9.37. The van der Waals surface area contributed by atoms with Crippen LogP contribution in [0.25, 0.3) is 0 Å². The number of hydrogen-bond acceptors (Lipinski definition) is 5. The molecule has 4 rings (SSSR count). The maximum absolute atomic E-state index is 13.1. The normalized spacial score (nSPS) is 16.0. The largest absolute Gasteiger partial charge is 0.369 e. The highest BCUT2D eigenvalue weighted by Crippen LogP contribution is 2.30. The molecule has 1 aromatic heterocycles. The Bertz CT molecular complexity index is 1070. The lowest BCUT2D eigenvalue weighted by Gasteiger charge is -2.42. The number of nitrogens with one attached hydrogen (secondary N) is 2. The van der Waals surface area contributed by atoms with Gasteiger partial charge in [0, 0.05) is 49.3 Å². The van der Waals surface area contributed by atoms with Gasteiger partial charge >= 0.3 is 11.8 Å². The summed E-state index contributed by atoms with van der Waals surface area (Å²) in [5.41, 5.74) is 1.94. The number of benzene rings is 2. The van der Waals surface area contributed by atoms with Crippen LogP contribution in [0.3, 0.4) is 0 Å². The van der Waals surface area contributed by atoms with Crippen LogP contribution in [0, 0.1) is 5.82 Å². The first-order valence-corrected chi connectivity index (χ1v) is 12.3. The van der Waals surface area contributed by atoms with Crippen LogP contribution in [-0.2, 0) is 16.1 Å². The maximum Gasteiger partial charge on any atom is 0.309 e. The Hall–Kier alpha value is -3.23. The van der Waals surface area contributed by atoms with Crippen LogP contribution in [0.4, 0.5) is 10.1 Å². The molecule has 0 aliphatic carbocycles. The van der Waals surface area contributed by atoms with Gasteiger partial charge < -0.3 is 15.5 Å². The Morgan fingerprint density at radius 2 is 1.65 bits per heavy atom. The number of amides is 2.